The van der Waals surface area contributed by atoms with Crippen LogP contribution in [0.5, 0.6) is 0 Å². The normalized spacial score (nSPS) is 17.2. The van der Waals surface area contributed by atoms with Crippen LogP contribution in [-0.2, 0) is 0 Å². The summed E-state index contributed by atoms with van der Waals surface area (Å²) in [5.74, 6) is 0.793. The highest BCUT2D eigenvalue weighted by Crippen LogP contribution is 2.29. The fourth-order valence-electron chi connectivity index (χ4n) is 2.14. The number of piperidine rings is 1. The summed E-state index contributed by atoms with van der Waals surface area (Å²) in [4.78, 5) is 2.27. The first-order valence-corrected chi connectivity index (χ1v) is 6.03. The molecule has 0 aliphatic carbocycles. The van der Waals surface area contributed by atoms with Crippen LogP contribution in [0.3, 0.4) is 0 Å². The first-order chi connectivity index (χ1) is 7.72. The number of halogens is 1. The molecule has 1 aliphatic heterocycles. The molecule has 2 rings (SSSR count). The zero-order valence-corrected chi connectivity index (χ0v) is 10.2. The molecule has 1 saturated heterocycles. The Morgan fingerprint density at radius 3 is 2.69 bits per heavy atom. The van der Waals surface area contributed by atoms with Gasteiger partial charge < -0.3 is 4.90 Å². The molecule has 1 fully saturated rings. The Hall–Kier alpha value is -1.20. The predicted octanol–water partition coefficient (Wildman–Crippen LogP) is 3.45. The average molecular weight is 235 g/mol. The summed E-state index contributed by atoms with van der Waals surface area (Å²) in [5.41, 5.74) is 1.60. The van der Waals surface area contributed by atoms with E-state index in [-0.39, 0.29) is 0 Å². The van der Waals surface area contributed by atoms with Gasteiger partial charge in [-0.05, 0) is 30.9 Å². The van der Waals surface area contributed by atoms with E-state index < -0.39 is 0 Å². The van der Waals surface area contributed by atoms with Gasteiger partial charge in [0.25, 0.3) is 0 Å². The number of rotatable bonds is 1. The number of hydrogen-bond acceptors (Lipinski definition) is 2. The van der Waals surface area contributed by atoms with Crippen molar-refractivity contribution in [1.82, 2.24) is 0 Å². The SMILES string of the molecule is CC1CCN(c2cccc(Cl)c2C#N)CC1. The molecule has 0 spiro atoms. The van der Waals surface area contributed by atoms with Crippen molar-refractivity contribution >= 4 is 17.3 Å². The molecule has 1 aromatic rings. The Bertz CT molecular complexity index is 414. The molecule has 1 heterocycles. The second-order valence-corrected chi connectivity index (χ2v) is 4.82. The lowest BCUT2D eigenvalue weighted by Crippen LogP contribution is -2.33. The van der Waals surface area contributed by atoms with E-state index >= 15 is 0 Å². The van der Waals surface area contributed by atoms with Crippen molar-refractivity contribution < 1.29 is 0 Å². The van der Waals surface area contributed by atoms with Gasteiger partial charge in [-0.25, -0.2) is 0 Å². The minimum atomic E-state index is 0.554. The second kappa shape index (κ2) is 4.76. The number of nitriles is 1. The summed E-state index contributed by atoms with van der Waals surface area (Å²) < 4.78 is 0. The van der Waals surface area contributed by atoms with Crippen LogP contribution in [0.15, 0.2) is 18.2 Å². The van der Waals surface area contributed by atoms with Crippen LogP contribution in [0.25, 0.3) is 0 Å². The van der Waals surface area contributed by atoms with Gasteiger partial charge in [0.05, 0.1) is 16.3 Å². The van der Waals surface area contributed by atoms with Gasteiger partial charge in [0.1, 0.15) is 6.07 Å². The van der Waals surface area contributed by atoms with E-state index in [0.29, 0.717) is 10.6 Å². The molecule has 0 atom stereocenters. The largest absolute Gasteiger partial charge is 0.370 e. The number of anilines is 1. The smallest absolute Gasteiger partial charge is 0.103 e. The minimum absolute atomic E-state index is 0.554. The topological polar surface area (TPSA) is 27.0 Å². The van der Waals surface area contributed by atoms with Crippen molar-refractivity contribution in [1.29, 1.82) is 5.26 Å². The quantitative estimate of drug-likeness (QED) is 0.744. The Balaban J connectivity index is 2.27. The summed E-state index contributed by atoms with van der Waals surface area (Å²) in [7, 11) is 0. The van der Waals surface area contributed by atoms with E-state index in [4.69, 9.17) is 16.9 Å². The van der Waals surface area contributed by atoms with Gasteiger partial charge in [-0.1, -0.05) is 24.6 Å². The molecule has 0 saturated carbocycles. The first kappa shape index (κ1) is 11.3. The van der Waals surface area contributed by atoms with Crippen molar-refractivity contribution in [2.24, 2.45) is 5.92 Å². The highest BCUT2D eigenvalue weighted by Gasteiger charge is 2.19. The van der Waals surface area contributed by atoms with E-state index in [1.807, 2.05) is 12.1 Å². The summed E-state index contributed by atoms with van der Waals surface area (Å²) in [6.45, 7) is 4.33. The molecule has 2 nitrogen and oxygen atoms in total. The third-order valence-electron chi connectivity index (χ3n) is 3.23. The Morgan fingerprint density at radius 1 is 1.38 bits per heavy atom. The third kappa shape index (κ3) is 2.15. The molecule has 3 heteroatoms. The molecule has 0 N–H and O–H groups in total. The molecule has 1 aromatic carbocycles. The van der Waals surface area contributed by atoms with Crippen molar-refractivity contribution in [2.75, 3.05) is 18.0 Å². The van der Waals surface area contributed by atoms with Gasteiger partial charge in [-0.2, -0.15) is 5.26 Å². The maximum Gasteiger partial charge on any atom is 0.103 e. The lowest BCUT2D eigenvalue weighted by molar-refractivity contribution is 0.438. The van der Waals surface area contributed by atoms with Crippen molar-refractivity contribution in [2.45, 2.75) is 19.8 Å². The standard InChI is InChI=1S/C13H15ClN2/c1-10-5-7-16(8-6-10)13-4-2-3-12(14)11(13)9-15/h2-4,10H,5-8H2,1H3. The van der Waals surface area contributed by atoms with Gasteiger partial charge in [0, 0.05) is 13.1 Å². The van der Waals surface area contributed by atoms with Gasteiger partial charge in [-0.15, -0.1) is 0 Å². The van der Waals surface area contributed by atoms with Crippen LogP contribution in [0.1, 0.15) is 25.3 Å². The van der Waals surface area contributed by atoms with Gasteiger partial charge in [0.2, 0.25) is 0 Å². The lowest BCUT2D eigenvalue weighted by atomic mass is 9.98. The number of nitrogens with zero attached hydrogens (tertiary/aromatic N) is 2. The van der Waals surface area contributed by atoms with E-state index in [1.54, 1.807) is 6.07 Å². The molecule has 0 bridgehead atoms. The monoisotopic (exact) mass is 234 g/mol. The molecule has 16 heavy (non-hydrogen) atoms. The van der Waals surface area contributed by atoms with E-state index in [9.17, 15) is 0 Å². The maximum atomic E-state index is 9.12. The number of hydrogen-bond donors (Lipinski definition) is 0. The van der Waals surface area contributed by atoms with Crippen molar-refractivity contribution in [3.63, 3.8) is 0 Å². The van der Waals surface area contributed by atoms with Crippen molar-refractivity contribution in [3.05, 3.63) is 28.8 Å². The van der Waals surface area contributed by atoms with E-state index in [0.717, 1.165) is 24.7 Å². The summed E-state index contributed by atoms with van der Waals surface area (Å²) >= 11 is 6.03. The molecular formula is C13H15ClN2. The molecule has 0 amide bonds. The molecular weight excluding hydrogens is 220 g/mol. The molecule has 0 unspecified atom stereocenters. The van der Waals surface area contributed by atoms with E-state index in [2.05, 4.69) is 17.9 Å². The van der Waals surface area contributed by atoms with Crippen LogP contribution in [0.4, 0.5) is 5.69 Å². The minimum Gasteiger partial charge on any atom is -0.370 e. The Kier molecular flexibility index (Phi) is 3.36. The van der Waals surface area contributed by atoms with Gasteiger partial charge in [-0.3, -0.25) is 0 Å². The molecule has 0 radical (unpaired) electrons. The zero-order valence-electron chi connectivity index (χ0n) is 9.41. The summed E-state index contributed by atoms with van der Waals surface area (Å²) in [6, 6.07) is 7.87. The van der Waals surface area contributed by atoms with Gasteiger partial charge in [0.15, 0.2) is 0 Å². The van der Waals surface area contributed by atoms with Gasteiger partial charge >= 0.3 is 0 Å². The Morgan fingerprint density at radius 2 is 2.06 bits per heavy atom. The van der Waals surface area contributed by atoms with Crippen LogP contribution >= 0.6 is 11.6 Å². The second-order valence-electron chi connectivity index (χ2n) is 4.42. The summed E-state index contributed by atoms with van der Waals surface area (Å²) in [6.07, 6.45) is 2.38. The van der Waals surface area contributed by atoms with Crippen LogP contribution < -0.4 is 4.90 Å². The fourth-order valence-corrected chi connectivity index (χ4v) is 2.35. The van der Waals surface area contributed by atoms with E-state index in [1.165, 1.54) is 12.8 Å². The first-order valence-electron chi connectivity index (χ1n) is 5.66. The predicted molar refractivity (Wildman–Crippen MR) is 66.8 cm³/mol. The lowest BCUT2D eigenvalue weighted by Gasteiger charge is -2.32. The Labute approximate surface area is 101 Å². The average Bonchev–Trinajstić information content (AvgIpc) is 2.30. The zero-order chi connectivity index (χ0) is 11.5. The molecule has 84 valence electrons. The van der Waals surface area contributed by atoms with Crippen LogP contribution in [0.2, 0.25) is 5.02 Å². The molecule has 0 aromatic heterocycles. The summed E-state index contributed by atoms with van der Waals surface area (Å²) in [5, 5.41) is 9.68. The van der Waals surface area contributed by atoms with Crippen LogP contribution in [0, 0.1) is 17.2 Å². The van der Waals surface area contributed by atoms with Crippen molar-refractivity contribution in [3.8, 4) is 6.07 Å². The highest BCUT2D eigenvalue weighted by atomic mass is 35.5. The highest BCUT2D eigenvalue weighted by molar-refractivity contribution is 6.32. The fraction of sp³-hybridized carbons (Fsp3) is 0.462. The number of benzene rings is 1. The molecule has 1 aliphatic rings. The maximum absolute atomic E-state index is 9.12. The van der Waals surface area contributed by atoms with Crippen LogP contribution in [-0.4, -0.2) is 13.1 Å². The third-order valence-corrected chi connectivity index (χ3v) is 3.54.